The van der Waals surface area contributed by atoms with Crippen LogP contribution in [0.5, 0.6) is 0 Å². The topological polar surface area (TPSA) is 32.3 Å². The highest BCUT2D eigenvalue weighted by molar-refractivity contribution is 5.74. The Bertz CT molecular complexity index is 214. The molecule has 2 amide bonds. The first kappa shape index (κ1) is 13.3. The van der Waals surface area contributed by atoms with Crippen molar-refractivity contribution in [2.75, 3.05) is 13.1 Å². The number of carbonyl (C=O) groups excluding carboxylic acids is 1. The van der Waals surface area contributed by atoms with Crippen molar-refractivity contribution in [1.82, 2.24) is 10.2 Å². The number of amides is 2. The summed E-state index contributed by atoms with van der Waals surface area (Å²) in [6.07, 6.45) is 6.18. The second-order valence-corrected chi connectivity index (χ2v) is 4.76. The van der Waals surface area contributed by atoms with Crippen molar-refractivity contribution in [3.05, 3.63) is 0 Å². The highest BCUT2D eigenvalue weighted by Crippen LogP contribution is 2.26. The van der Waals surface area contributed by atoms with E-state index in [1.165, 1.54) is 25.7 Å². The molecule has 1 aliphatic carbocycles. The quantitative estimate of drug-likeness (QED) is 0.785. The van der Waals surface area contributed by atoms with Crippen LogP contribution < -0.4 is 5.32 Å². The normalized spacial score (nSPS) is 25.2. The molecule has 0 spiro atoms. The molecule has 1 fully saturated rings. The van der Waals surface area contributed by atoms with Gasteiger partial charge in [-0.05, 0) is 32.6 Å². The number of hydrogen-bond donors (Lipinski definition) is 1. The largest absolute Gasteiger partial charge is 0.335 e. The summed E-state index contributed by atoms with van der Waals surface area (Å²) in [7, 11) is 0. The summed E-state index contributed by atoms with van der Waals surface area (Å²) < 4.78 is 0. The van der Waals surface area contributed by atoms with Crippen LogP contribution in [0.15, 0.2) is 0 Å². The molecule has 0 aromatic carbocycles. The second-order valence-electron chi connectivity index (χ2n) is 4.76. The molecule has 0 heterocycles. The van der Waals surface area contributed by atoms with Gasteiger partial charge in [0.1, 0.15) is 0 Å². The van der Waals surface area contributed by atoms with Gasteiger partial charge in [0.25, 0.3) is 0 Å². The monoisotopic (exact) mass is 226 g/mol. The summed E-state index contributed by atoms with van der Waals surface area (Å²) in [6, 6.07) is 0.526. The molecule has 2 atom stereocenters. The molecule has 0 aromatic heterocycles. The third kappa shape index (κ3) is 3.69. The Morgan fingerprint density at radius 2 is 1.94 bits per heavy atom. The maximum Gasteiger partial charge on any atom is 0.317 e. The summed E-state index contributed by atoms with van der Waals surface area (Å²) in [5, 5.41) is 3.17. The van der Waals surface area contributed by atoms with Crippen LogP contribution in [-0.2, 0) is 0 Å². The number of nitrogens with zero attached hydrogens (tertiary/aromatic N) is 1. The van der Waals surface area contributed by atoms with Gasteiger partial charge in [0.15, 0.2) is 0 Å². The number of rotatable bonds is 4. The zero-order chi connectivity index (χ0) is 12.0. The van der Waals surface area contributed by atoms with Gasteiger partial charge in [-0.3, -0.25) is 0 Å². The SMILES string of the molecule is CCC1CCCC(NC(=O)N(CC)CC)C1. The predicted octanol–water partition coefficient (Wildman–Crippen LogP) is 3.01. The number of urea groups is 1. The minimum absolute atomic E-state index is 0.117. The van der Waals surface area contributed by atoms with E-state index in [2.05, 4.69) is 12.2 Å². The fourth-order valence-corrected chi connectivity index (χ4v) is 2.57. The summed E-state index contributed by atoms with van der Waals surface area (Å²) in [6.45, 7) is 7.90. The van der Waals surface area contributed by atoms with Crippen LogP contribution >= 0.6 is 0 Å². The lowest BCUT2D eigenvalue weighted by Crippen LogP contribution is -2.46. The molecule has 2 unspecified atom stereocenters. The van der Waals surface area contributed by atoms with E-state index in [1.54, 1.807) is 0 Å². The molecule has 0 saturated heterocycles. The van der Waals surface area contributed by atoms with Gasteiger partial charge in [0.05, 0.1) is 0 Å². The van der Waals surface area contributed by atoms with Crippen molar-refractivity contribution >= 4 is 6.03 Å². The smallest absolute Gasteiger partial charge is 0.317 e. The Balaban J connectivity index is 2.38. The van der Waals surface area contributed by atoms with E-state index in [0.29, 0.717) is 6.04 Å². The van der Waals surface area contributed by atoms with E-state index < -0.39 is 0 Å². The number of hydrogen-bond acceptors (Lipinski definition) is 1. The molecule has 16 heavy (non-hydrogen) atoms. The molecule has 94 valence electrons. The van der Waals surface area contributed by atoms with Crippen molar-refractivity contribution in [3.63, 3.8) is 0 Å². The van der Waals surface area contributed by atoms with Gasteiger partial charge in [-0.2, -0.15) is 0 Å². The molecular weight excluding hydrogens is 200 g/mol. The Hall–Kier alpha value is -0.730. The summed E-state index contributed by atoms with van der Waals surface area (Å²) in [5.74, 6) is 0.816. The third-order valence-electron chi connectivity index (χ3n) is 3.74. The third-order valence-corrected chi connectivity index (χ3v) is 3.74. The van der Waals surface area contributed by atoms with Gasteiger partial charge < -0.3 is 10.2 Å². The Morgan fingerprint density at radius 3 is 2.50 bits per heavy atom. The van der Waals surface area contributed by atoms with Crippen LogP contribution in [0.3, 0.4) is 0 Å². The van der Waals surface area contributed by atoms with Gasteiger partial charge in [-0.15, -0.1) is 0 Å². The van der Waals surface area contributed by atoms with Gasteiger partial charge in [-0.25, -0.2) is 4.79 Å². The molecular formula is C13H26N2O. The molecule has 1 aliphatic rings. The average Bonchev–Trinajstić information content (AvgIpc) is 2.31. The Kier molecular flexibility index (Phi) is 5.64. The predicted molar refractivity (Wildman–Crippen MR) is 67.5 cm³/mol. The molecule has 0 aliphatic heterocycles. The van der Waals surface area contributed by atoms with E-state index in [-0.39, 0.29) is 6.03 Å². The zero-order valence-corrected chi connectivity index (χ0v) is 11.0. The first-order valence-electron chi connectivity index (χ1n) is 6.76. The molecule has 0 aromatic rings. The van der Waals surface area contributed by atoms with Crippen molar-refractivity contribution in [2.45, 2.75) is 58.9 Å². The van der Waals surface area contributed by atoms with Gasteiger partial charge >= 0.3 is 6.03 Å². The van der Waals surface area contributed by atoms with Gasteiger partial charge in [-0.1, -0.05) is 26.2 Å². The summed E-state index contributed by atoms with van der Waals surface area (Å²) in [4.78, 5) is 13.7. The average molecular weight is 226 g/mol. The lowest BCUT2D eigenvalue weighted by Gasteiger charge is -2.31. The molecule has 1 saturated carbocycles. The lowest BCUT2D eigenvalue weighted by molar-refractivity contribution is 0.190. The summed E-state index contributed by atoms with van der Waals surface area (Å²) >= 11 is 0. The van der Waals surface area contributed by atoms with Crippen LogP contribution in [0.1, 0.15) is 52.9 Å². The minimum Gasteiger partial charge on any atom is -0.335 e. The maximum atomic E-state index is 11.9. The van der Waals surface area contributed by atoms with E-state index in [9.17, 15) is 4.79 Å². The summed E-state index contributed by atoms with van der Waals surface area (Å²) in [5.41, 5.74) is 0. The van der Waals surface area contributed by atoms with E-state index in [4.69, 9.17) is 0 Å². The highest BCUT2D eigenvalue weighted by Gasteiger charge is 2.23. The molecule has 1 rings (SSSR count). The van der Waals surface area contributed by atoms with Gasteiger partial charge in [0.2, 0.25) is 0 Å². The first-order chi connectivity index (χ1) is 7.71. The maximum absolute atomic E-state index is 11.9. The van der Waals surface area contributed by atoms with Crippen molar-refractivity contribution in [3.8, 4) is 0 Å². The Labute approximate surface area is 99.6 Å². The fourth-order valence-electron chi connectivity index (χ4n) is 2.57. The molecule has 0 radical (unpaired) electrons. The van der Waals surface area contributed by atoms with Crippen molar-refractivity contribution < 1.29 is 4.79 Å². The fraction of sp³-hybridized carbons (Fsp3) is 0.923. The first-order valence-corrected chi connectivity index (χ1v) is 6.76. The molecule has 3 heteroatoms. The van der Waals surface area contributed by atoms with Crippen LogP contribution in [0.4, 0.5) is 4.79 Å². The van der Waals surface area contributed by atoms with E-state index in [0.717, 1.165) is 25.4 Å². The molecule has 0 bridgehead atoms. The second kappa shape index (κ2) is 6.77. The number of carbonyl (C=O) groups is 1. The lowest BCUT2D eigenvalue weighted by atomic mass is 9.84. The number of nitrogens with one attached hydrogen (secondary N) is 1. The Morgan fingerprint density at radius 1 is 1.25 bits per heavy atom. The van der Waals surface area contributed by atoms with Crippen molar-refractivity contribution in [1.29, 1.82) is 0 Å². The van der Waals surface area contributed by atoms with E-state index >= 15 is 0 Å². The minimum atomic E-state index is 0.117. The highest BCUT2D eigenvalue weighted by atomic mass is 16.2. The van der Waals surface area contributed by atoms with Crippen molar-refractivity contribution in [2.24, 2.45) is 5.92 Å². The molecule has 1 N–H and O–H groups in total. The molecule has 3 nitrogen and oxygen atoms in total. The zero-order valence-electron chi connectivity index (χ0n) is 11.0. The van der Waals surface area contributed by atoms with Crippen LogP contribution in [0.25, 0.3) is 0 Å². The van der Waals surface area contributed by atoms with Crippen LogP contribution in [0, 0.1) is 5.92 Å². The standard InChI is InChI=1S/C13H26N2O/c1-4-11-8-7-9-12(10-11)14-13(16)15(5-2)6-3/h11-12H,4-10H2,1-3H3,(H,14,16). The van der Waals surface area contributed by atoms with Crippen LogP contribution in [-0.4, -0.2) is 30.1 Å². The van der Waals surface area contributed by atoms with E-state index in [1.807, 2.05) is 18.7 Å². The van der Waals surface area contributed by atoms with Crippen LogP contribution in [0.2, 0.25) is 0 Å². The van der Waals surface area contributed by atoms with Gasteiger partial charge in [0, 0.05) is 19.1 Å².